The number of ether oxygens (including phenoxy) is 3. The van der Waals surface area contributed by atoms with Crippen molar-refractivity contribution >= 4 is 17.9 Å². The van der Waals surface area contributed by atoms with Crippen LogP contribution in [0.2, 0.25) is 0 Å². The molecule has 0 heterocycles. The monoisotopic (exact) mass is 314 g/mol. The van der Waals surface area contributed by atoms with Gasteiger partial charge in [-0.25, -0.2) is 14.4 Å². The Balaban J connectivity index is 4.66. The Morgan fingerprint density at radius 3 is 2.09 bits per heavy atom. The van der Waals surface area contributed by atoms with E-state index >= 15 is 0 Å². The Hall–Kier alpha value is -1.85. The fraction of sp³-hybridized carbons (Fsp3) is 0.688. The third kappa shape index (κ3) is 9.15. The van der Waals surface area contributed by atoms with E-state index in [1.54, 1.807) is 6.92 Å². The molecule has 0 radical (unpaired) electrons. The molecular weight excluding hydrogens is 288 g/mol. The van der Waals surface area contributed by atoms with Gasteiger partial charge in [0.2, 0.25) is 5.76 Å². The second-order valence-corrected chi connectivity index (χ2v) is 4.66. The first-order valence-corrected chi connectivity index (χ1v) is 7.82. The topological polar surface area (TPSA) is 78.9 Å². The minimum atomic E-state index is -1.21. The number of unbranched alkanes of at least 4 members (excludes halogenated alkanes) is 4. The van der Waals surface area contributed by atoms with Crippen molar-refractivity contribution in [1.82, 2.24) is 0 Å². The highest BCUT2D eigenvalue weighted by molar-refractivity contribution is 6.30. The summed E-state index contributed by atoms with van der Waals surface area (Å²) >= 11 is 0. The van der Waals surface area contributed by atoms with Gasteiger partial charge < -0.3 is 14.2 Å². The summed E-state index contributed by atoms with van der Waals surface area (Å²) in [5, 5.41) is 0. The van der Waals surface area contributed by atoms with Crippen LogP contribution in [0.25, 0.3) is 0 Å². The number of carbonyl (C=O) groups excluding carboxylic acids is 3. The van der Waals surface area contributed by atoms with Crippen LogP contribution in [0, 0.1) is 0 Å². The molecule has 0 aromatic carbocycles. The fourth-order valence-corrected chi connectivity index (χ4v) is 1.51. The molecule has 0 N–H and O–H groups in total. The summed E-state index contributed by atoms with van der Waals surface area (Å²) in [5.74, 6) is -3.31. The largest absolute Gasteiger partial charge is 0.460 e. The molecule has 0 spiro atoms. The first-order chi connectivity index (χ1) is 10.6. The van der Waals surface area contributed by atoms with E-state index in [9.17, 15) is 14.4 Å². The normalized spacial score (nSPS) is 11.0. The summed E-state index contributed by atoms with van der Waals surface area (Å²) in [5.41, 5.74) is 0. The molecule has 0 rings (SSSR count). The van der Waals surface area contributed by atoms with Gasteiger partial charge in [0, 0.05) is 0 Å². The minimum Gasteiger partial charge on any atom is -0.460 e. The Kier molecular flexibility index (Phi) is 11.8. The number of carbonyl (C=O) groups is 3. The van der Waals surface area contributed by atoms with Crippen LogP contribution in [0.3, 0.4) is 0 Å². The highest BCUT2D eigenvalue weighted by Crippen LogP contribution is 2.08. The Bertz CT molecular complexity index is 386. The summed E-state index contributed by atoms with van der Waals surface area (Å²) in [6.07, 6.45) is 6.56. The van der Waals surface area contributed by atoms with Crippen molar-refractivity contribution in [2.45, 2.75) is 59.3 Å². The molecule has 0 atom stereocenters. The summed E-state index contributed by atoms with van der Waals surface area (Å²) in [6, 6.07) is 0. The lowest BCUT2D eigenvalue weighted by molar-refractivity contribution is -0.167. The van der Waals surface area contributed by atoms with Crippen LogP contribution in [0.15, 0.2) is 11.8 Å². The molecule has 0 amide bonds. The van der Waals surface area contributed by atoms with Crippen LogP contribution in [-0.2, 0) is 28.6 Å². The molecule has 0 aliphatic heterocycles. The molecule has 6 heteroatoms. The smallest absolute Gasteiger partial charge is 0.423 e. The number of hydrogen-bond acceptors (Lipinski definition) is 6. The van der Waals surface area contributed by atoms with Crippen LogP contribution >= 0.6 is 0 Å². The van der Waals surface area contributed by atoms with Crippen molar-refractivity contribution in [3.63, 3.8) is 0 Å². The molecule has 0 saturated heterocycles. The lowest BCUT2D eigenvalue weighted by atomic mass is 10.2. The van der Waals surface area contributed by atoms with Gasteiger partial charge in [-0.1, -0.05) is 33.1 Å². The Morgan fingerprint density at radius 1 is 0.818 bits per heavy atom. The molecular formula is C16H26O6. The maximum Gasteiger partial charge on any atom is 0.423 e. The van der Waals surface area contributed by atoms with Crippen LogP contribution in [0.5, 0.6) is 0 Å². The van der Waals surface area contributed by atoms with E-state index < -0.39 is 17.9 Å². The molecule has 0 aliphatic rings. The summed E-state index contributed by atoms with van der Waals surface area (Å²) in [7, 11) is 0. The molecule has 0 unspecified atom stereocenters. The molecule has 0 aromatic rings. The first kappa shape index (κ1) is 20.1. The molecule has 0 fully saturated rings. The number of hydrogen-bond donors (Lipinski definition) is 0. The van der Waals surface area contributed by atoms with Crippen molar-refractivity contribution < 1.29 is 28.6 Å². The molecule has 126 valence electrons. The Labute approximate surface area is 131 Å². The van der Waals surface area contributed by atoms with E-state index in [0.717, 1.165) is 32.1 Å². The van der Waals surface area contributed by atoms with Crippen molar-refractivity contribution in [3.05, 3.63) is 11.8 Å². The Morgan fingerprint density at radius 2 is 1.50 bits per heavy atom. The van der Waals surface area contributed by atoms with Gasteiger partial charge >= 0.3 is 17.9 Å². The van der Waals surface area contributed by atoms with Crippen molar-refractivity contribution in [3.8, 4) is 0 Å². The molecule has 22 heavy (non-hydrogen) atoms. The fourth-order valence-electron chi connectivity index (χ4n) is 1.51. The van der Waals surface area contributed by atoms with Crippen molar-refractivity contribution in [2.24, 2.45) is 0 Å². The van der Waals surface area contributed by atoms with E-state index in [0.29, 0.717) is 6.42 Å². The van der Waals surface area contributed by atoms with Gasteiger partial charge in [-0.2, -0.15) is 0 Å². The second-order valence-electron chi connectivity index (χ2n) is 4.66. The van der Waals surface area contributed by atoms with E-state index in [1.165, 1.54) is 6.08 Å². The highest BCUT2D eigenvalue weighted by atomic mass is 16.6. The zero-order valence-corrected chi connectivity index (χ0v) is 13.7. The quantitative estimate of drug-likeness (QED) is 0.154. The highest BCUT2D eigenvalue weighted by Gasteiger charge is 2.23. The number of esters is 3. The van der Waals surface area contributed by atoms with Gasteiger partial charge in [0.25, 0.3) is 0 Å². The zero-order valence-electron chi connectivity index (χ0n) is 13.7. The minimum absolute atomic E-state index is 0.0599. The van der Waals surface area contributed by atoms with E-state index in [2.05, 4.69) is 11.7 Å². The molecule has 0 bridgehead atoms. The third-order valence-electron chi connectivity index (χ3n) is 2.71. The van der Waals surface area contributed by atoms with Gasteiger partial charge in [0.05, 0.1) is 13.2 Å². The average molecular weight is 314 g/mol. The van der Waals surface area contributed by atoms with E-state index in [-0.39, 0.29) is 19.0 Å². The predicted octanol–water partition coefficient (Wildman–Crippen LogP) is 2.90. The molecule has 0 aliphatic carbocycles. The maximum absolute atomic E-state index is 11.9. The summed E-state index contributed by atoms with van der Waals surface area (Å²) in [4.78, 5) is 34.7. The molecule has 0 aromatic heterocycles. The lowest BCUT2D eigenvalue weighted by Crippen LogP contribution is -2.23. The standard InChI is InChI=1S/C16H26O6/c1-4-7-9-10-11-13(14(17)21-12-8-5-2)22-16(19)15(18)20-6-3/h11H,4-10,12H2,1-3H3. The van der Waals surface area contributed by atoms with Crippen molar-refractivity contribution in [1.29, 1.82) is 0 Å². The van der Waals surface area contributed by atoms with Crippen molar-refractivity contribution in [2.75, 3.05) is 13.2 Å². The van der Waals surface area contributed by atoms with Crippen LogP contribution in [0.4, 0.5) is 0 Å². The zero-order chi connectivity index (χ0) is 16.8. The lowest BCUT2D eigenvalue weighted by Gasteiger charge is -2.08. The predicted molar refractivity (Wildman–Crippen MR) is 80.8 cm³/mol. The van der Waals surface area contributed by atoms with Gasteiger partial charge in [-0.15, -0.1) is 0 Å². The van der Waals surface area contributed by atoms with Gasteiger partial charge in [0.15, 0.2) is 0 Å². The second kappa shape index (κ2) is 12.9. The maximum atomic E-state index is 11.9. The summed E-state index contributed by atoms with van der Waals surface area (Å²) < 4.78 is 14.3. The van der Waals surface area contributed by atoms with Gasteiger partial charge in [0.1, 0.15) is 0 Å². The van der Waals surface area contributed by atoms with Crippen LogP contribution < -0.4 is 0 Å². The summed E-state index contributed by atoms with van der Waals surface area (Å²) in [6.45, 7) is 5.91. The average Bonchev–Trinajstić information content (AvgIpc) is 2.50. The third-order valence-corrected chi connectivity index (χ3v) is 2.71. The van der Waals surface area contributed by atoms with Gasteiger partial charge in [-0.3, -0.25) is 0 Å². The van der Waals surface area contributed by atoms with E-state index in [1.807, 2.05) is 6.92 Å². The van der Waals surface area contributed by atoms with E-state index in [4.69, 9.17) is 9.47 Å². The SMILES string of the molecule is CCCCCC=C(OC(=O)C(=O)OCC)C(=O)OCCCC. The number of rotatable bonds is 10. The first-order valence-electron chi connectivity index (χ1n) is 7.82. The van der Waals surface area contributed by atoms with Crippen LogP contribution in [0.1, 0.15) is 59.3 Å². The number of allylic oxidation sites excluding steroid dienone is 1. The van der Waals surface area contributed by atoms with Crippen LogP contribution in [-0.4, -0.2) is 31.1 Å². The molecule has 6 nitrogen and oxygen atoms in total. The van der Waals surface area contributed by atoms with Gasteiger partial charge in [-0.05, 0) is 32.3 Å². The molecule has 0 saturated carbocycles.